The van der Waals surface area contributed by atoms with E-state index < -0.39 is 0 Å². The molecule has 21 heavy (non-hydrogen) atoms. The Hall–Kier alpha value is -2.01. The van der Waals surface area contributed by atoms with Gasteiger partial charge in [0.25, 0.3) is 5.91 Å². The molecular formula is C16H19N3OS. The second-order valence-corrected chi connectivity index (χ2v) is 6.52. The van der Waals surface area contributed by atoms with Gasteiger partial charge in [-0.2, -0.15) is 0 Å². The predicted molar refractivity (Wildman–Crippen MR) is 87.9 cm³/mol. The molecule has 1 aromatic carbocycles. The van der Waals surface area contributed by atoms with Crippen molar-refractivity contribution in [1.29, 1.82) is 0 Å². The number of amides is 1. The molecule has 0 saturated carbocycles. The number of rotatable bonds is 2. The lowest BCUT2D eigenvalue weighted by Crippen LogP contribution is -2.32. The normalized spacial score (nSPS) is 13.9. The van der Waals surface area contributed by atoms with Gasteiger partial charge in [0.2, 0.25) is 0 Å². The van der Waals surface area contributed by atoms with E-state index in [1.807, 2.05) is 23.5 Å². The molecule has 0 unspecified atom stereocenters. The standard InChI is InChI=1S/C16H19N3OS/c1-18(2)16(20)13-4-3-12(17)9-14(13)19-7-5-15-11(10-19)6-8-21-15/h3-4,6,8-9H,5,7,10,17H2,1-2H3. The number of carbonyl (C=O) groups excluding carboxylic acids is 1. The first kappa shape index (κ1) is 13.9. The molecule has 0 fully saturated rings. The Kier molecular flexibility index (Phi) is 3.59. The molecule has 4 nitrogen and oxygen atoms in total. The van der Waals surface area contributed by atoms with Crippen LogP contribution in [0.3, 0.4) is 0 Å². The first-order valence-corrected chi connectivity index (χ1v) is 7.85. The van der Waals surface area contributed by atoms with Crippen LogP contribution in [-0.2, 0) is 13.0 Å². The third-order valence-electron chi connectivity index (χ3n) is 3.81. The number of hydrogen-bond donors (Lipinski definition) is 1. The zero-order valence-electron chi connectivity index (χ0n) is 12.3. The van der Waals surface area contributed by atoms with Gasteiger partial charge in [0.05, 0.1) is 11.3 Å². The van der Waals surface area contributed by atoms with Crippen molar-refractivity contribution in [3.8, 4) is 0 Å². The predicted octanol–water partition coefficient (Wildman–Crippen LogP) is 2.59. The van der Waals surface area contributed by atoms with Crippen LogP contribution < -0.4 is 10.6 Å². The topological polar surface area (TPSA) is 49.6 Å². The Labute approximate surface area is 128 Å². The number of nitrogens with two attached hydrogens (primary N) is 1. The summed E-state index contributed by atoms with van der Waals surface area (Å²) in [6.07, 6.45) is 1.03. The van der Waals surface area contributed by atoms with Crippen molar-refractivity contribution in [3.63, 3.8) is 0 Å². The fraction of sp³-hybridized carbons (Fsp3) is 0.312. The Morgan fingerprint density at radius 3 is 2.90 bits per heavy atom. The molecule has 2 heterocycles. The molecule has 0 atom stereocenters. The van der Waals surface area contributed by atoms with E-state index in [9.17, 15) is 4.79 Å². The number of carbonyl (C=O) groups is 1. The summed E-state index contributed by atoms with van der Waals surface area (Å²) in [4.78, 5) is 17.7. The average Bonchev–Trinajstić information content (AvgIpc) is 2.93. The van der Waals surface area contributed by atoms with E-state index in [-0.39, 0.29) is 5.91 Å². The Balaban J connectivity index is 1.98. The van der Waals surface area contributed by atoms with Crippen LogP contribution in [0.4, 0.5) is 11.4 Å². The Morgan fingerprint density at radius 2 is 2.14 bits per heavy atom. The van der Waals surface area contributed by atoms with Gasteiger partial charge in [0.15, 0.2) is 0 Å². The summed E-state index contributed by atoms with van der Waals surface area (Å²) in [5.74, 6) is 0.0149. The second-order valence-electron chi connectivity index (χ2n) is 5.52. The summed E-state index contributed by atoms with van der Waals surface area (Å²) >= 11 is 1.81. The van der Waals surface area contributed by atoms with Gasteiger partial charge >= 0.3 is 0 Å². The molecule has 1 aliphatic heterocycles. The maximum atomic E-state index is 12.4. The quantitative estimate of drug-likeness (QED) is 0.867. The zero-order chi connectivity index (χ0) is 15.0. The zero-order valence-corrected chi connectivity index (χ0v) is 13.1. The van der Waals surface area contributed by atoms with E-state index in [2.05, 4.69) is 16.3 Å². The van der Waals surface area contributed by atoms with Crippen molar-refractivity contribution in [2.24, 2.45) is 0 Å². The highest BCUT2D eigenvalue weighted by molar-refractivity contribution is 7.10. The third-order valence-corrected chi connectivity index (χ3v) is 4.83. The van der Waals surface area contributed by atoms with Gasteiger partial charge in [-0.25, -0.2) is 0 Å². The summed E-state index contributed by atoms with van der Waals surface area (Å²) in [7, 11) is 3.55. The molecule has 110 valence electrons. The SMILES string of the molecule is CN(C)C(=O)c1ccc(N)cc1N1CCc2sccc2C1. The molecule has 0 saturated heterocycles. The molecule has 3 rings (SSSR count). The van der Waals surface area contributed by atoms with Crippen LogP contribution in [0.2, 0.25) is 0 Å². The molecule has 0 spiro atoms. The van der Waals surface area contributed by atoms with E-state index in [1.165, 1.54) is 10.4 Å². The van der Waals surface area contributed by atoms with Gasteiger partial charge in [-0.3, -0.25) is 4.79 Å². The van der Waals surface area contributed by atoms with E-state index in [4.69, 9.17) is 5.73 Å². The lowest BCUT2D eigenvalue weighted by molar-refractivity contribution is 0.0828. The van der Waals surface area contributed by atoms with E-state index in [0.717, 1.165) is 25.2 Å². The second kappa shape index (κ2) is 5.41. The summed E-state index contributed by atoms with van der Waals surface area (Å²) in [5, 5.41) is 2.14. The van der Waals surface area contributed by atoms with Crippen molar-refractivity contribution in [2.75, 3.05) is 31.3 Å². The first-order valence-electron chi connectivity index (χ1n) is 6.97. The van der Waals surface area contributed by atoms with E-state index >= 15 is 0 Å². The smallest absolute Gasteiger partial charge is 0.255 e. The highest BCUT2D eigenvalue weighted by atomic mass is 32.1. The van der Waals surface area contributed by atoms with Gasteiger partial charge in [-0.05, 0) is 41.6 Å². The lowest BCUT2D eigenvalue weighted by Gasteiger charge is -2.31. The largest absolute Gasteiger partial charge is 0.399 e. The molecule has 5 heteroatoms. The number of hydrogen-bond acceptors (Lipinski definition) is 4. The maximum Gasteiger partial charge on any atom is 0.255 e. The number of benzene rings is 1. The number of nitrogens with zero attached hydrogens (tertiary/aromatic N) is 2. The molecule has 0 bridgehead atoms. The fourth-order valence-electron chi connectivity index (χ4n) is 2.69. The minimum absolute atomic E-state index is 0.0149. The monoisotopic (exact) mass is 301 g/mol. The van der Waals surface area contributed by atoms with Crippen molar-refractivity contribution in [3.05, 3.63) is 45.6 Å². The molecule has 2 aromatic rings. The maximum absolute atomic E-state index is 12.4. The fourth-order valence-corrected chi connectivity index (χ4v) is 3.58. The van der Waals surface area contributed by atoms with E-state index in [0.29, 0.717) is 11.3 Å². The number of thiophene rings is 1. The summed E-state index contributed by atoms with van der Waals surface area (Å²) in [6, 6.07) is 7.70. The van der Waals surface area contributed by atoms with Crippen LogP contribution in [0.15, 0.2) is 29.6 Å². The summed E-state index contributed by atoms with van der Waals surface area (Å²) in [6.45, 7) is 1.76. The van der Waals surface area contributed by atoms with Crippen LogP contribution >= 0.6 is 11.3 Å². The first-order chi connectivity index (χ1) is 10.1. The van der Waals surface area contributed by atoms with Crippen LogP contribution in [0.5, 0.6) is 0 Å². The lowest BCUT2D eigenvalue weighted by atomic mass is 10.0. The van der Waals surface area contributed by atoms with Crippen LogP contribution in [0, 0.1) is 0 Å². The van der Waals surface area contributed by atoms with Gasteiger partial charge in [-0.1, -0.05) is 0 Å². The highest BCUT2D eigenvalue weighted by Crippen LogP contribution is 2.31. The Bertz CT molecular complexity index is 678. The van der Waals surface area contributed by atoms with Crippen molar-refractivity contribution < 1.29 is 4.79 Å². The molecule has 0 aliphatic carbocycles. The Morgan fingerprint density at radius 1 is 1.33 bits per heavy atom. The molecule has 2 N–H and O–H groups in total. The van der Waals surface area contributed by atoms with Crippen molar-refractivity contribution >= 4 is 28.6 Å². The number of anilines is 2. The minimum Gasteiger partial charge on any atom is -0.399 e. The van der Waals surface area contributed by atoms with E-state index in [1.54, 1.807) is 25.1 Å². The molecule has 1 amide bonds. The van der Waals surface area contributed by atoms with Gasteiger partial charge in [0.1, 0.15) is 0 Å². The molecule has 1 aliphatic rings. The number of nitrogen functional groups attached to an aromatic ring is 1. The van der Waals surface area contributed by atoms with Crippen LogP contribution in [-0.4, -0.2) is 31.4 Å². The van der Waals surface area contributed by atoms with Gasteiger partial charge in [0, 0.05) is 37.7 Å². The third kappa shape index (κ3) is 2.61. The summed E-state index contributed by atoms with van der Waals surface area (Å²) < 4.78 is 0. The minimum atomic E-state index is 0.0149. The van der Waals surface area contributed by atoms with Crippen molar-refractivity contribution in [1.82, 2.24) is 4.90 Å². The summed E-state index contributed by atoms with van der Waals surface area (Å²) in [5.41, 5.74) is 9.64. The molecule has 1 aromatic heterocycles. The molecule has 0 radical (unpaired) electrons. The van der Waals surface area contributed by atoms with Crippen LogP contribution in [0.1, 0.15) is 20.8 Å². The number of fused-ring (bicyclic) bond motifs is 1. The molecular weight excluding hydrogens is 282 g/mol. The average molecular weight is 301 g/mol. The van der Waals surface area contributed by atoms with Gasteiger partial charge in [-0.15, -0.1) is 11.3 Å². The van der Waals surface area contributed by atoms with Gasteiger partial charge < -0.3 is 15.5 Å². The van der Waals surface area contributed by atoms with Crippen molar-refractivity contribution in [2.45, 2.75) is 13.0 Å². The van der Waals surface area contributed by atoms with Crippen LogP contribution in [0.25, 0.3) is 0 Å². The highest BCUT2D eigenvalue weighted by Gasteiger charge is 2.22.